The second-order valence-corrected chi connectivity index (χ2v) is 2.93. The lowest BCUT2D eigenvalue weighted by molar-refractivity contribution is -0.140. The summed E-state index contributed by atoms with van der Waals surface area (Å²) in [6, 6.07) is 0. The summed E-state index contributed by atoms with van der Waals surface area (Å²) in [6.45, 7) is 0.356. The summed E-state index contributed by atoms with van der Waals surface area (Å²) in [5.74, 6) is -0.303. The van der Waals surface area contributed by atoms with E-state index in [9.17, 15) is 9.59 Å². The highest BCUT2D eigenvalue weighted by molar-refractivity contribution is 5.92. The van der Waals surface area contributed by atoms with E-state index in [1.165, 1.54) is 4.90 Å². The molecule has 14 heavy (non-hydrogen) atoms. The molecule has 1 saturated heterocycles. The van der Waals surface area contributed by atoms with Crippen LogP contribution in [0.2, 0.25) is 0 Å². The van der Waals surface area contributed by atoms with Gasteiger partial charge in [0.15, 0.2) is 0 Å². The molecule has 7 heteroatoms. The number of nitrogens with zero attached hydrogens (tertiary/aromatic N) is 2. The summed E-state index contributed by atoms with van der Waals surface area (Å²) in [5.41, 5.74) is 5.23. The first-order valence-corrected chi connectivity index (χ1v) is 4.14. The number of hydrogen-bond acceptors (Lipinski definition) is 4. The van der Waals surface area contributed by atoms with E-state index in [4.69, 9.17) is 10.9 Å². The van der Waals surface area contributed by atoms with Crippen molar-refractivity contribution in [3.8, 4) is 0 Å². The average molecular weight is 200 g/mol. The molecule has 0 aliphatic carbocycles. The van der Waals surface area contributed by atoms with Crippen LogP contribution in [0.1, 0.15) is 6.42 Å². The lowest BCUT2D eigenvalue weighted by atomic mass is 10.3. The molecule has 7 nitrogen and oxygen atoms in total. The molecule has 0 atom stereocenters. The SMILES string of the molecule is N/C(CCN1CC(=O)NCC1=O)=N\O. The van der Waals surface area contributed by atoms with Gasteiger partial charge in [-0.05, 0) is 0 Å². The maximum atomic E-state index is 11.2. The van der Waals surface area contributed by atoms with E-state index in [1.54, 1.807) is 0 Å². The highest BCUT2D eigenvalue weighted by Gasteiger charge is 2.22. The molecule has 1 fully saturated rings. The Labute approximate surface area is 80.5 Å². The summed E-state index contributed by atoms with van der Waals surface area (Å²) in [7, 11) is 0. The van der Waals surface area contributed by atoms with Crippen molar-refractivity contribution in [2.24, 2.45) is 10.9 Å². The van der Waals surface area contributed by atoms with Gasteiger partial charge in [-0.3, -0.25) is 9.59 Å². The van der Waals surface area contributed by atoms with Crippen LogP contribution in [0.3, 0.4) is 0 Å². The Balaban J connectivity index is 2.42. The van der Waals surface area contributed by atoms with Gasteiger partial charge in [0.2, 0.25) is 11.8 Å². The standard InChI is InChI=1S/C7H12N4O3/c8-5(10-14)1-2-11-4-6(12)9-3-7(11)13/h14H,1-4H2,(H2,8,10)(H,9,12). The summed E-state index contributed by atoms with van der Waals surface area (Å²) in [5, 5.41) is 13.5. The van der Waals surface area contributed by atoms with E-state index >= 15 is 0 Å². The predicted molar refractivity (Wildman–Crippen MR) is 47.6 cm³/mol. The van der Waals surface area contributed by atoms with Crippen LogP contribution in [-0.4, -0.2) is 47.4 Å². The highest BCUT2D eigenvalue weighted by Crippen LogP contribution is 1.97. The average Bonchev–Trinajstić information content (AvgIpc) is 2.19. The van der Waals surface area contributed by atoms with Crippen molar-refractivity contribution in [2.75, 3.05) is 19.6 Å². The molecule has 4 N–H and O–H groups in total. The zero-order chi connectivity index (χ0) is 10.6. The lowest BCUT2D eigenvalue weighted by Crippen LogP contribution is -2.52. The first-order chi connectivity index (χ1) is 6.63. The summed E-state index contributed by atoms with van der Waals surface area (Å²) < 4.78 is 0. The summed E-state index contributed by atoms with van der Waals surface area (Å²) in [6.07, 6.45) is 0.259. The fraction of sp³-hybridized carbons (Fsp3) is 0.571. The van der Waals surface area contributed by atoms with Gasteiger partial charge in [0.1, 0.15) is 5.84 Å². The minimum Gasteiger partial charge on any atom is -0.409 e. The van der Waals surface area contributed by atoms with E-state index < -0.39 is 0 Å². The van der Waals surface area contributed by atoms with Crippen LogP contribution in [-0.2, 0) is 9.59 Å². The molecule has 0 aromatic rings. The fourth-order valence-corrected chi connectivity index (χ4v) is 1.11. The van der Waals surface area contributed by atoms with Gasteiger partial charge in [-0.25, -0.2) is 0 Å². The number of nitrogens with two attached hydrogens (primary N) is 1. The largest absolute Gasteiger partial charge is 0.409 e. The third-order valence-corrected chi connectivity index (χ3v) is 1.89. The molecule has 1 aliphatic rings. The van der Waals surface area contributed by atoms with Crippen LogP contribution in [0.5, 0.6) is 0 Å². The Morgan fingerprint density at radius 2 is 2.36 bits per heavy atom. The monoisotopic (exact) mass is 200 g/mol. The van der Waals surface area contributed by atoms with Crippen LogP contribution in [0.4, 0.5) is 0 Å². The Morgan fingerprint density at radius 3 is 3.00 bits per heavy atom. The molecular formula is C7H12N4O3. The van der Waals surface area contributed by atoms with Gasteiger partial charge in [0.05, 0.1) is 13.1 Å². The maximum absolute atomic E-state index is 11.2. The van der Waals surface area contributed by atoms with Gasteiger partial charge in [-0.2, -0.15) is 0 Å². The van der Waals surface area contributed by atoms with E-state index in [-0.39, 0.29) is 37.2 Å². The number of nitrogens with one attached hydrogen (secondary N) is 1. The van der Waals surface area contributed by atoms with Gasteiger partial charge >= 0.3 is 0 Å². The Kier molecular flexibility index (Phi) is 3.27. The number of oxime groups is 1. The molecule has 78 valence electrons. The molecule has 1 rings (SSSR count). The quantitative estimate of drug-likeness (QED) is 0.213. The van der Waals surface area contributed by atoms with E-state index in [1.807, 2.05) is 0 Å². The zero-order valence-corrected chi connectivity index (χ0v) is 7.56. The van der Waals surface area contributed by atoms with Crippen molar-refractivity contribution in [3.05, 3.63) is 0 Å². The molecular weight excluding hydrogens is 188 g/mol. The number of amidine groups is 1. The topological polar surface area (TPSA) is 108 Å². The molecule has 0 unspecified atom stereocenters. The van der Waals surface area contributed by atoms with Crippen molar-refractivity contribution in [3.63, 3.8) is 0 Å². The van der Waals surface area contributed by atoms with Crippen molar-refractivity contribution in [1.29, 1.82) is 0 Å². The third kappa shape index (κ3) is 2.61. The third-order valence-electron chi connectivity index (χ3n) is 1.89. The maximum Gasteiger partial charge on any atom is 0.242 e. The lowest BCUT2D eigenvalue weighted by Gasteiger charge is -2.26. The minimum absolute atomic E-state index is 0.0228. The van der Waals surface area contributed by atoms with Gasteiger partial charge in [0, 0.05) is 13.0 Å². The zero-order valence-electron chi connectivity index (χ0n) is 7.56. The number of carbonyl (C=O) groups is 2. The Bertz CT molecular complexity index is 276. The molecule has 1 heterocycles. The van der Waals surface area contributed by atoms with Crippen molar-refractivity contribution >= 4 is 17.6 Å². The molecule has 0 saturated carbocycles. The fourth-order valence-electron chi connectivity index (χ4n) is 1.11. The molecule has 1 aliphatic heterocycles. The number of rotatable bonds is 3. The van der Waals surface area contributed by atoms with Gasteiger partial charge in [-0.1, -0.05) is 5.16 Å². The van der Waals surface area contributed by atoms with Crippen LogP contribution >= 0.6 is 0 Å². The Morgan fingerprint density at radius 1 is 1.64 bits per heavy atom. The second kappa shape index (κ2) is 4.45. The summed E-state index contributed by atoms with van der Waals surface area (Å²) >= 11 is 0. The van der Waals surface area contributed by atoms with Crippen molar-refractivity contribution in [2.45, 2.75) is 6.42 Å². The van der Waals surface area contributed by atoms with Gasteiger partial charge in [0.25, 0.3) is 0 Å². The van der Waals surface area contributed by atoms with E-state index in [0.29, 0.717) is 6.54 Å². The first-order valence-electron chi connectivity index (χ1n) is 4.14. The normalized spacial score (nSPS) is 18.3. The molecule has 0 spiro atoms. The number of carbonyl (C=O) groups excluding carboxylic acids is 2. The molecule has 0 bridgehead atoms. The van der Waals surface area contributed by atoms with Gasteiger partial charge in [-0.15, -0.1) is 0 Å². The molecule has 2 amide bonds. The Hall–Kier alpha value is -1.79. The number of hydrogen-bond donors (Lipinski definition) is 3. The molecule has 0 radical (unpaired) electrons. The van der Waals surface area contributed by atoms with Crippen LogP contribution < -0.4 is 11.1 Å². The van der Waals surface area contributed by atoms with Crippen molar-refractivity contribution < 1.29 is 14.8 Å². The molecule has 0 aromatic carbocycles. The predicted octanol–water partition coefficient (Wildman–Crippen LogP) is -1.92. The van der Waals surface area contributed by atoms with Crippen LogP contribution in [0, 0.1) is 0 Å². The van der Waals surface area contributed by atoms with Gasteiger partial charge < -0.3 is 21.2 Å². The first kappa shape index (κ1) is 10.3. The number of piperazine rings is 1. The highest BCUT2D eigenvalue weighted by atomic mass is 16.4. The van der Waals surface area contributed by atoms with Crippen LogP contribution in [0.15, 0.2) is 5.16 Å². The van der Waals surface area contributed by atoms with E-state index in [0.717, 1.165) is 0 Å². The van der Waals surface area contributed by atoms with E-state index in [2.05, 4.69) is 10.5 Å². The second-order valence-electron chi connectivity index (χ2n) is 2.93. The minimum atomic E-state index is -0.191. The summed E-state index contributed by atoms with van der Waals surface area (Å²) in [4.78, 5) is 23.5. The molecule has 0 aromatic heterocycles. The number of amides is 2. The van der Waals surface area contributed by atoms with Crippen molar-refractivity contribution in [1.82, 2.24) is 10.2 Å². The van der Waals surface area contributed by atoms with Crippen LogP contribution in [0.25, 0.3) is 0 Å². The smallest absolute Gasteiger partial charge is 0.242 e.